The first kappa shape index (κ1) is 26.4. The summed E-state index contributed by atoms with van der Waals surface area (Å²) in [5.74, 6) is 0.118. The maximum Gasteiger partial charge on any atom is 0.220 e. The summed E-state index contributed by atoms with van der Waals surface area (Å²) >= 11 is 0. The molecule has 0 radical (unpaired) electrons. The van der Waals surface area contributed by atoms with Crippen LogP contribution in [0.1, 0.15) is 97.8 Å². The summed E-state index contributed by atoms with van der Waals surface area (Å²) in [4.78, 5) is 11.8. The third kappa shape index (κ3) is 21.5. The lowest BCUT2D eigenvalue weighted by Gasteiger charge is -2.14. The van der Waals surface area contributed by atoms with Crippen LogP contribution in [0.15, 0.2) is 0 Å². The monoisotopic (exact) mass is 387 g/mol. The van der Waals surface area contributed by atoms with Gasteiger partial charge in [-0.05, 0) is 20.3 Å². The molecule has 27 heavy (non-hydrogen) atoms. The molecule has 0 heterocycles. The smallest absolute Gasteiger partial charge is 0.220 e. The van der Waals surface area contributed by atoms with Gasteiger partial charge in [0.1, 0.15) is 0 Å². The molecule has 0 spiro atoms. The molecular weight excluding hydrogens is 342 g/mol. The molecule has 5 nitrogen and oxygen atoms in total. The Morgan fingerprint density at radius 3 is 2.00 bits per heavy atom. The predicted molar refractivity (Wildman–Crippen MR) is 112 cm³/mol. The molecule has 0 fully saturated rings. The molecule has 0 aliphatic carbocycles. The van der Waals surface area contributed by atoms with E-state index in [9.17, 15) is 4.79 Å². The number of aliphatic hydroxyl groups is 1. The molecule has 2 unspecified atom stereocenters. The molecular formula is C22H45NO4. The Morgan fingerprint density at radius 1 is 0.889 bits per heavy atom. The Labute approximate surface area is 167 Å². The quantitative estimate of drug-likeness (QED) is 0.299. The van der Waals surface area contributed by atoms with E-state index in [0.717, 1.165) is 12.8 Å². The van der Waals surface area contributed by atoms with Gasteiger partial charge in [-0.2, -0.15) is 0 Å². The molecule has 0 bridgehead atoms. The fourth-order valence-electron chi connectivity index (χ4n) is 2.90. The standard InChI is InChI=1S/C22H45NO4/c1-4-5-6-7-8-9-10-11-12-13-14-15-22(25)23-16-17-26-19-21(3)27-18-20(2)24/h20-21,24H,4-19H2,1-3H3,(H,23,25). The Hall–Kier alpha value is -0.650. The SMILES string of the molecule is CCCCCCCCCCCCCC(=O)NCCOCC(C)OCC(C)O. The first-order valence-corrected chi connectivity index (χ1v) is 11.2. The van der Waals surface area contributed by atoms with E-state index in [-0.39, 0.29) is 12.0 Å². The molecule has 0 aliphatic heterocycles. The second kappa shape index (κ2) is 20.1. The van der Waals surface area contributed by atoms with Gasteiger partial charge in [-0.25, -0.2) is 0 Å². The van der Waals surface area contributed by atoms with Crippen LogP contribution in [-0.4, -0.2) is 49.6 Å². The average Bonchev–Trinajstić information content (AvgIpc) is 2.64. The van der Waals surface area contributed by atoms with E-state index in [1.54, 1.807) is 6.92 Å². The van der Waals surface area contributed by atoms with Crippen molar-refractivity contribution in [2.24, 2.45) is 0 Å². The van der Waals surface area contributed by atoms with E-state index in [1.807, 2.05) is 6.92 Å². The molecule has 2 N–H and O–H groups in total. The number of hydrogen-bond donors (Lipinski definition) is 2. The largest absolute Gasteiger partial charge is 0.391 e. The normalized spacial score (nSPS) is 13.5. The summed E-state index contributed by atoms with van der Waals surface area (Å²) < 4.78 is 10.9. The van der Waals surface area contributed by atoms with Crippen molar-refractivity contribution in [1.82, 2.24) is 5.32 Å². The number of carbonyl (C=O) groups is 1. The highest BCUT2D eigenvalue weighted by Crippen LogP contribution is 2.11. The number of rotatable bonds is 20. The van der Waals surface area contributed by atoms with Crippen molar-refractivity contribution in [3.8, 4) is 0 Å². The van der Waals surface area contributed by atoms with Crippen molar-refractivity contribution >= 4 is 5.91 Å². The van der Waals surface area contributed by atoms with Gasteiger partial charge in [0.25, 0.3) is 0 Å². The lowest BCUT2D eigenvalue weighted by Crippen LogP contribution is -2.28. The minimum absolute atomic E-state index is 0.0494. The molecule has 2 atom stereocenters. The summed E-state index contributed by atoms with van der Waals surface area (Å²) in [6.45, 7) is 7.69. The van der Waals surface area contributed by atoms with Crippen LogP contribution in [0.3, 0.4) is 0 Å². The van der Waals surface area contributed by atoms with Gasteiger partial charge in [-0.15, -0.1) is 0 Å². The molecule has 0 saturated heterocycles. The second-order valence-corrected chi connectivity index (χ2v) is 7.70. The van der Waals surface area contributed by atoms with Gasteiger partial charge in [-0.1, -0.05) is 71.1 Å². The first-order chi connectivity index (χ1) is 13.1. The molecule has 0 aromatic rings. The van der Waals surface area contributed by atoms with Gasteiger partial charge in [0.15, 0.2) is 0 Å². The Bertz CT molecular complexity index is 323. The van der Waals surface area contributed by atoms with E-state index in [4.69, 9.17) is 14.6 Å². The van der Waals surface area contributed by atoms with Crippen LogP contribution < -0.4 is 5.32 Å². The van der Waals surface area contributed by atoms with Crippen LogP contribution in [0.4, 0.5) is 0 Å². The van der Waals surface area contributed by atoms with Crippen LogP contribution in [0.2, 0.25) is 0 Å². The molecule has 0 aromatic heterocycles. The molecule has 0 rings (SSSR count). The van der Waals surface area contributed by atoms with Gasteiger partial charge in [0.05, 0.1) is 32.0 Å². The highest BCUT2D eigenvalue weighted by molar-refractivity contribution is 5.75. The van der Waals surface area contributed by atoms with Crippen LogP contribution >= 0.6 is 0 Å². The van der Waals surface area contributed by atoms with E-state index in [0.29, 0.717) is 32.8 Å². The van der Waals surface area contributed by atoms with E-state index < -0.39 is 6.10 Å². The zero-order valence-electron chi connectivity index (χ0n) is 18.1. The summed E-state index contributed by atoms with van der Waals surface area (Å²) in [6.07, 6.45) is 14.4. The fraction of sp³-hybridized carbons (Fsp3) is 0.955. The topological polar surface area (TPSA) is 67.8 Å². The number of nitrogens with one attached hydrogen (secondary N) is 1. The van der Waals surface area contributed by atoms with E-state index in [2.05, 4.69) is 12.2 Å². The van der Waals surface area contributed by atoms with Crippen molar-refractivity contribution in [3.63, 3.8) is 0 Å². The average molecular weight is 388 g/mol. The van der Waals surface area contributed by atoms with Gasteiger partial charge in [0, 0.05) is 13.0 Å². The molecule has 162 valence electrons. The highest BCUT2D eigenvalue weighted by atomic mass is 16.5. The number of aliphatic hydroxyl groups excluding tert-OH is 1. The van der Waals surface area contributed by atoms with Gasteiger partial charge >= 0.3 is 0 Å². The van der Waals surface area contributed by atoms with Crippen LogP contribution in [-0.2, 0) is 14.3 Å². The maximum absolute atomic E-state index is 11.8. The minimum Gasteiger partial charge on any atom is -0.391 e. The summed E-state index contributed by atoms with van der Waals surface area (Å²) in [5.41, 5.74) is 0. The second-order valence-electron chi connectivity index (χ2n) is 7.70. The van der Waals surface area contributed by atoms with E-state index in [1.165, 1.54) is 57.8 Å². The summed E-state index contributed by atoms with van der Waals surface area (Å²) in [5, 5.41) is 12.0. The van der Waals surface area contributed by atoms with E-state index >= 15 is 0 Å². The van der Waals surface area contributed by atoms with Crippen molar-refractivity contribution in [2.75, 3.05) is 26.4 Å². The molecule has 0 saturated carbocycles. The fourth-order valence-corrected chi connectivity index (χ4v) is 2.90. The molecule has 1 amide bonds. The zero-order chi connectivity index (χ0) is 20.2. The maximum atomic E-state index is 11.8. The Kier molecular flexibility index (Phi) is 19.6. The lowest BCUT2D eigenvalue weighted by molar-refractivity contribution is -0.121. The lowest BCUT2D eigenvalue weighted by atomic mass is 10.1. The predicted octanol–water partition coefficient (Wildman–Crippen LogP) is 4.61. The Morgan fingerprint density at radius 2 is 1.44 bits per heavy atom. The van der Waals surface area contributed by atoms with Crippen molar-refractivity contribution in [1.29, 1.82) is 0 Å². The van der Waals surface area contributed by atoms with Crippen LogP contribution in [0.25, 0.3) is 0 Å². The highest BCUT2D eigenvalue weighted by Gasteiger charge is 2.05. The van der Waals surface area contributed by atoms with Crippen LogP contribution in [0, 0.1) is 0 Å². The summed E-state index contributed by atoms with van der Waals surface area (Å²) in [7, 11) is 0. The number of ether oxygens (including phenoxy) is 2. The molecule has 5 heteroatoms. The third-order valence-corrected chi connectivity index (χ3v) is 4.55. The number of unbranched alkanes of at least 4 members (excludes halogenated alkanes) is 10. The Balaban J connectivity index is 3.26. The van der Waals surface area contributed by atoms with Gasteiger partial charge in [-0.3, -0.25) is 4.79 Å². The van der Waals surface area contributed by atoms with Gasteiger partial charge < -0.3 is 19.9 Å². The zero-order valence-corrected chi connectivity index (χ0v) is 18.1. The van der Waals surface area contributed by atoms with Crippen molar-refractivity contribution in [2.45, 2.75) is 110 Å². The van der Waals surface area contributed by atoms with Crippen molar-refractivity contribution < 1.29 is 19.4 Å². The van der Waals surface area contributed by atoms with Gasteiger partial charge in [0.2, 0.25) is 5.91 Å². The van der Waals surface area contributed by atoms with Crippen LogP contribution in [0.5, 0.6) is 0 Å². The number of hydrogen-bond acceptors (Lipinski definition) is 4. The molecule has 0 aromatic carbocycles. The first-order valence-electron chi connectivity index (χ1n) is 11.2. The third-order valence-electron chi connectivity index (χ3n) is 4.55. The van der Waals surface area contributed by atoms with Crippen molar-refractivity contribution in [3.05, 3.63) is 0 Å². The minimum atomic E-state index is -0.456. The molecule has 0 aliphatic rings. The number of carbonyl (C=O) groups excluding carboxylic acids is 1. The number of amides is 1. The summed E-state index contributed by atoms with van der Waals surface area (Å²) in [6, 6.07) is 0.